The number of Topliss-reactive ketones (excluding diaryl/α,β-unsaturated/α-hetero) is 2. The van der Waals surface area contributed by atoms with Crippen molar-refractivity contribution in [2.45, 2.75) is 92.6 Å². The minimum atomic E-state index is -1.80. The number of carbonyl (C=O) groups excluding carboxylic acids is 2. The highest BCUT2D eigenvalue weighted by molar-refractivity contribution is 5.84. The summed E-state index contributed by atoms with van der Waals surface area (Å²) in [5.41, 5.74) is 1.15. The molecule has 1 aliphatic rings. The number of ether oxygens (including phenoxy) is 1. The average Bonchev–Trinajstić information content (AvgIpc) is 2.66. The fourth-order valence-electron chi connectivity index (χ4n) is 4.53. The maximum Gasteiger partial charge on any atom is 0.180 e. The maximum atomic E-state index is 13.1. The van der Waals surface area contributed by atoms with Gasteiger partial charge in [0.25, 0.3) is 0 Å². The zero-order valence-electron chi connectivity index (χ0n) is 18.9. The third kappa shape index (κ3) is 5.11. The summed E-state index contributed by atoms with van der Waals surface area (Å²) in [4.78, 5) is 25.3. The second kappa shape index (κ2) is 10.1. The Balaban J connectivity index is 3.11. The number of aliphatic hydroxyl groups is 2. The molecule has 1 heterocycles. The Hall–Kier alpha value is -1.04. The molecule has 0 bridgehead atoms. The molecule has 0 aliphatic carbocycles. The summed E-state index contributed by atoms with van der Waals surface area (Å²) in [7, 11) is 0. The van der Waals surface area contributed by atoms with Gasteiger partial charge in [0.15, 0.2) is 5.79 Å². The van der Waals surface area contributed by atoms with Gasteiger partial charge in [-0.15, -0.1) is 0 Å². The summed E-state index contributed by atoms with van der Waals surface area (Å²) >= 11 is 0. The number of aliphatic hydroxyl groups excluding tert-OH is 1. The van der Waals surface area contributed by atoms with Crippen LogP contribution in [-0.4, -0.2) is 39.8 Å². The Morgan fingerprint density at radius 1 is 1.18 bits per heavy atom. The van der Waals surface area contributed by atoms with E-state index in [0.29, 0.717) is 12.8 Å². The van der Waals surface area contributed by atoms with E-state index >= 15 is 0 Å². The van der Waals surface area contributed by atoms with Gasteiger partial charge < -0.3 is 14.9 Å². The zero-order chi connectivity index (χ0) is 21.8. The lowest BCUT2D eigenvalue weighted by Gasteiger charge is -2.51. The Morgan fingerprint density at radius 2 is 1.75 bits per heavy atom. The van der Waals surface area contributed by atoms with Crippen molar-refractivity contribution in [3.05, 3.63) is 11.6 Å². The van der Waals surface area contributed by atoms with Crippen LogP contribution in [-0.2, 0) is 14.3 Å². The molecule has 1 unspecified atom stereocenters. The highest BCUT2D eigenvalue weighted by Crippen LogP contribution is 2.43. The van der Waals surface area contributed by atoms with Gasteiger partial charge in [0.2, 0.25) is 0 Å². The highest BCUT2D eigenvalue weighted by Gasteiger charge is 2.56. The molecule has 1 rings (SSSR count). The summed E-state index contributed by atoms with van der Waals surface area (Å²) in [6, 6.07) is 0. The monoisotopic (exact) mass is 396 g/mol. The first-order chi connectivity index (χ1) is 12.9. The van der Waals surface area contributed by atoms with Crippen LogP contribution in [0, 0.1) is 29.6 Å². The van der Waals surface area contributed by atoms with Crippen molar-refractivity contribution in [2.24, 2.45) is 29.6 Å². The Bertz CT molecular complexity index is 584. The molecule has 0 spiro atoms. The van der Waals surface area contributed by atoms with Crippen molar-refractivity contribution in [1.29, 1.82) is 0 Å². The number of hydrogen-bond donors (Lipinski definition) is 2. The lowest BCUT2D eigenvalue weighted by atomic mass is 9.71. The van der Waals surface area contributed by atoms with E-state index in [-0.39, 0.29) is 23.4 Å². The van der Waals surface area contributed by atoms with Crippen LogP contribution in [0.2, 0.25) is 0 Å². The molecule has 5 heteroatoms. The van der Waals surface area contributed by atoms with E-state index in [9.17, 15) is 19.8 Å². The molecule has 1 saturated heterocycles. The fraction of sp³-hybridized carbons (Fsp3) is 0.826. The molecule has 0 aromatic rings. The second-order valence-corrected chi connectivity index (χ2v) is 8.77. The Kier molecular flexibility index (Phi) is 9.04. The fourth-order valence-corrected chi connectivity index (χ4v) is 4.53. The van der Waals surface area contributed by atoms with Crippen LogP contribution in [0.1, 0.15) is 74.7 Å². The topological polar surface area (TPSA) is 83.8 Å². The molecule has 0 radical (unpaired) electrons. The SMILES string of the molecule is CC/C=C(\C)C[C@@H](C)C(=O)[C@H](C)[C@@]1(O)OC([C@H](C)C(=O)CC)[C@H](C)[C@H](O)[C@@H]1C. The normalized spacial score (nSPS) is 34.6. The lowest BCUT2D eigenvalue weighted by Crippen LogP contribution is -2.63. The van der Waals surface area contributed by atoms with Crippen molar-refractivity contribution in [3.8, 4) is 0 Å². The van der Waals surface area contributed by atoms with Crippen LogP contribution < -0.4 is 0 Å². The van der Waals surface area contributed by atoms with E-state index < -0.39 is 35.7 Å². The third-order valence-corrected chi connectivity index (χ3v) is 6.61. The van der Waals surface area contributed by atoms with Gasteiger partial charge in [0, 0.05) is 30.1 Å². The summed E-state index contributed by atoms with van der Waals surface area (Å²) in [5, 5.41) is 22.2. The van der Waals surface area contributed by atoms with Gasteiger partial charge in [0.05, 0.1) is 18.1 Å². The van der Waals surface area contributed by atoms with Gasteiger partial charge >= 0.3 is 0 Å². The zero-order valence-corrected chi connectivity index (χ0v) is 18.9. The standard InChI is InChI=1S/C23H40O5/c1-9-11-13(3)12-14(4)20(25)17(7)23(27)18(8)21(26)16(6)22(28-23)15(5)19(24)10-2/h11,14-18,21-22,26-27H,9-10,12H2,1-8H3/b13-11+/t14-,15-,16-,17+,18+,21+,22?,23-/m1/s1. The largest absolute Gasteiger partial charge is 0.392 e. The van der Waals surface area contributed by atoms with Gasteiger partial charge in [-0.05, 0) is 19.8 Å². The van der Waals surface area contributed by atoms with Gasteiger partial charge in [0.1, 0.15) is 11.6 Å². The van der Waals surface area contributed by atoms with Crippen LogP contribution in [0.5, 0.6) is 0 Å². The predicted octanol–water partition coefficient (Wildman–Crippen LogP) is 3.91. The van der Waals surface area contributed by atoms with E-state index in [1.54, 1.807) is 27.7 Å². The van der Waals surface area contributed by atoms with Gasteiger partial charge in [-0.3, -0.25) is 9.59 Å². The molecule has 0 saturated carbocycles. The van der Waals surface area contributed by atoms with Crippen molar-refractivity contribution >= 4 is 11.6 Å². The van der Waals surface area contributed by atoms with Crippen LogP contribution in [0.15, 0.2) is 11.6 Å². The molecular weight excluding hydrogens is 356 g/mol. The van der Waals surface area contributed by atoms with Crippen molar-refractivity contribution in [3.63, 3.8) is 0 Å². The average molecular weight is 397 g/mol. The number of allylic oxidation sites excluding steroid dienone is 2. The molecule has 28 heavy (non-hydrogen) atoms. The van der Waals surface area contributed by atoms with Crippen LogP contribution in [0.3, 0.4) is 0 Å². The number of hydrogen-bond acceptors (Lipinski definition) is 5. The van der Waals surface area contributed by atoms with E-state index in [2.05, 4.69) is 13.0 Å². The molecule has 8 atom stereocenters. The molecule has 5 nitrogen and oxygen atoms in total. The summed E-state index contributed by atoms with van der Waals surface area (Å²) in [5.74, 6) is -4.34. The minimum Gasteiger partial charge on any atom is -0.392 e. The van der Waals surface area contributed by atoms with E-state index in [4.69, 9.17) is 4.74 Å². The first-order valence-electron chi connectivity index (χ1n) is 10.7. The number of rotatable bonds is 9. The van der Waals surface area contributed by atoms with Crippen molar-refractivity contribution in [2.75, 3.05) is 0 Å². The number of carbonyl (C=O) groups is 2. The summed E-state index contributed by atoms with van der Waals surface area (Å²) < 4.78 is 6.08. The molecule has 0 aromatic heterocycles. The molecule has 0 aromatic carbocycles. The van der Waals surface area contributed by atoms with Crippen LogP contribution >= 0.6 is 0 Å². The van der Waals surface area contributed by atoms with Crippen LogP contribution in [0.4, 0.5) is 0 Å². The third-order valence-electron chi connectivity index (χ3n) is 6.61. The first kappa shape index (κ1) is 25.0. The molecule has 0 amide bonds. The van der Waals surface area contributed by atoms with E-state index in [0.717, 1.165) is 12.0 Å². The van der Waals surface area contributed by atoms with E-state index in [1.165, 1.54) is 0 Å². The quantitative estimate of drug-likeness (QED) is 0.577. The number of ketones is 2. The minimum absolute atomic E-state index is 0.0219. The predicted molar refractivity (Wildman–Crippen MR) is 111 cm³/mol. The second-order valence-electron chi connectivity index (χ2n) is 8.77. The van der Waals surface area contributed by atoms with Crippen molar-refractivity contribution < 1.29 is 24.5 Å². The summed E-state index contributed by atoms with van der Waals surface area (Å²) in [6.07, 6.45) is 2.53. The van der Waals surface area contributed by atoms with Crippen LogP contribution in [0.25, 0.3) is 0 Å². The Labute approximate surface area is 170 Å². The van der Waals surface area contributed by atoms with Crippen molar-refractivity contribution in [1.82, 2.24) is 0 Å². The molecular formula is C23H40O5. The Morgan fingerprint density at radius 3 is 2.25 bits per heavy atom. The maximum absolute atomic E-state index is 13.1. The molecule has 1 aliphatic heterocycles. The van der Waals surface area contributed by atoms with Gasteiger partial charge in [-0.2, -0.15) is 0 Å². The first-order valence-corrected chi connectivity index (χ1v) is 10.7. The molecule has 1 fully saturated rings. The molecule has 2 N–H and O–H groups in total. The van der Waals surface area contributed by atoms with Gasteiger partial charge in [-0.25, -0.2) is 0 Å². The van der Waals surface area contributed by atoms with E-state index in [1.807, 2.05) is 20.8 Å². The lowest BCUT2D eigenvalue weighted by molar-refractivity contribution is -0.337. The summed E-state index contributed by atoms with van der Waals surface area (Å²) in [6.45, 7) is 14.7. The molecule has 162 valence electrons. The highest BCUT2D eigenvalue weighted by atomic mass is 16.6. The van der Waals surface area contributed by atoms with Gasteiger partial charge in [-0.1, -0.05) is 60.1 Å². The smallest absolute Gasteiger partial charge is 0.180 e.